The minimum atomic E-state index is -0.515. The van der Waals surface area contributed by atoms with Gasteiger partial charge < -0.3 is 0 Å². The fraction of sp³-hybridized carbons (Fsp3) is 0.806. The predicted octanol–water partition coefficient (Wildman–Crippen LogP) is 10.6. The second-order valence-corrected chi connectivity index (χ2v) is 12.0. The highest BCUT2D eigenvalue weighted by atomic mass is 19.2. The van der Waals surface area contributed by atoms with Gasteiger partial charge in [0.05, 0.1) is 5.83 Å². The van der Waals surface area contributed by atoms with Crippen LogP contribution in [0.15, 0.2) is 35.2 Å². The molecule has 0 aliphatic heterocycles. The van der Waals surface area contributed by atoms with E-state index < -0.39 is 11.7 Å². The summed E-state index contributed by atoms with van der Waals surface area (Å²) in [5, 5.41) is 0. The molecule has 192 valence electrons. The van der Waals surface area contributed by atoms with Crippen LogP contribution in [0.2, 0.25) is 0 Å². The van der Waals surface area contributed by atoms with E-state index >= 15 is 8.78 Å². The monoisotopic (exact) mass is 476 g/mol. The van der Waals surface area contributed by atoms with Crippen molar-refractivity contribution in [2.45, 2.75) is 117 Å². The maximum atomic E-state index is 15.2. The molecule has 0 N–H and O–H groups in total. The molecule has 0 aromatic rings. The smallest absolute Gasteiger partial charge is 0.158 e. The van der Waals surface area contributed by atoms with Crippen molar-refractivity contribution in [2.75, 3.05) is 0 Å². The second kappa shape index (κ2) is 12.3. The average molecular weight is 477 g/mol. The van der Waals surface area contributed by atoms with E-state index in [2.05, 4.69) is 19.9 Å². The van der Waals surface area contributed by atoms with E-state index in [9.17, 15) is 4.39 Å². The van der Waals surface area contributed by atoms with Gasteiger partial charge in [-0.15, -0.1) is 0 Å². The Morgan fingerprint density at radius 3 is 2.12 bits per heavy atom. The minimum Gasteiger partial charge on any atom is -0.212 e. The maximum Gasteiger partial charge on any atom is 0.158 e. The molecule has 0 saturated heterocycles. The molecule has 4 rings (SSSR count). The van der Waals surface area contributed by atoms with E-state index in [1.54, 1.807) is 0 Å². The molecule has 0 nitrogen and oxygen atoms in total. The lowest BCUT2D eigenvalue weighted by Crippen LogP contribution is -2.26. The van der Waals surface area contributed by atoms with Gasteiger partial charge in [-0.2, -0.15) is 0 Å². The van der Waals surface area contributed by atoms with Gasteiger partial charge in [-0.05, 0) is 118 Å². The van der Waals surface area contributed by atoms with Gasteiger partial charge in [-0.25, -0.2) is 13.2 Å². The third kappa shape index (κ3) is 6.22. The summed E-state index contributed by atoms with van der Waals surface area (Å²) in [5.41, 5.74) is 0.681. The molecule has 3 heteroatoms. The summed E-state index contributed by atoms with van der Waals surface area (Å²) in [6.07, 6.45) is 20.7. The molecule has 0 amide bonds. The first-order chi connectivity index (χ1) is 16.5. The first-order valence-corrected chi connectivity index (χ1v) is 14.6. The Kier molecular flexibility index (Phi) is 9.44. The zero-order chi connectivity index (χ0) is 24.1. The van der Waals surface area contributed by atoms with Crippen LogP contribution in [0, 0.1) is 41.4 Å². The molecular formula is C31H47F3. The van der Waals surface area contributed by atoms with Gasteiger partial charge >= 0.3 is 0 Å². The van der Waals surface area contributed by atoms with E-state index in [1.807, 2.05) is 6.08 Å². The van der Waals surface area contributed by atoms with Crippen molar-refractivity contribution in [1.29, 1.82) is 0 Å². The van der Waals surface area contributed by atoms with Crippen molar-refractivity contribution in [2.24, 2.45) is 41.4 Å². The third-order valence-corrected chi connectivity index (χ3v) is 9.96. The zero-order valence-electron chi connectivity index (χ0n) is 21.6. The summed E-state index contributed by atoms with van der Waals surface area (Å²) in [6, 6.07) is 0. The van der Waals surface area contributed by atoms with E-state index in [4.69, 9.17) is 0 Å². The number of allylic oxidation sites excluding steroid dienone is 6. The van der Waals surface area contributed by atoms with Crippen molar-refractivity contribution in [3.05, 3.63) is 35.2 Å². The van der Waals surface area contributed by atoms with Crippen LogP contribution in [0.5, 0.6) is 0 Å². The first kappa shape index (κ1) is 26.1. The van der Waals surface area contributed by atoms with Gasteiger partial charge in [0.2, 0.25) is 0 Å². The SMILES string of the molecule is CCCC1C=C(F)C(CCC2CCC(C3CC=C(C4CCC(CC)CC4)C(F)=C3F)CC2)CC1. The zero-order valence-corrected chi connectivity index (χ0v) is 21.6. The largest absolute Gasteiger partial charge is 0.212 e. The first-order valence-electron chi connectivity index (χ1n) is 14.6. The minimum absolute atomic E-state index is 0.120. The van der Waals surface area contributed by atoms with Gasteiger partial charge in [-0.3, -0.25) is 0 Å². The van der Waals surface area contributed by atoms with E-state index in [0.29, 0.717) is 23.8 Å². The van der Waals surface area contributed by atoms with Crippen LogP contribution in [-0.4, -0.2) is 0 Å². The quantitative estimate of drug-likeness (QED) is 0.327. The van der Waals surface area contributed by atoms with Crippen LogP contribution in [0.1, 0.15) is 117 Å². The lowest BCUT2D eigenvalue weighted by molar-refractivity contribution is 0.185. The molecule has 2 saturated carbocycles. The molecule has 4 aliphatic rings. The molecule has 34 heavy (non-hydrogen) atoms. The number of hydrogen-bond donors (Lipinski definition) is 0. The van der Waals surface area contributed by atoms with E-state index in [-0.39, 0.29) is 29.5 Å². The standard InChI is InChI=1S/C31H47F3/c1-3-5-23-11-17-26(29(32)20-23)16-10-22-8-14-25(15-9-22)28-19-18-27(30(33)31(28)34)24-12-6-21(4-2)7-13-24/h18,20-26,28H,3-17,19H2,1-2H3. The highest BCUT2D eigenvalue weighted by molar-refractivity contribution is 5.35. The van der Waals surface area contributed by atoms with Crippen molar-refractivity contribution in [1.82, 2.24) is 0 Å². The van der Waals surface area contributed by atoms with Crippen molar-refractivity contribution >= 4 is 0 Å². The van der Waals surface area contributed by atoms with Crippen molar-refractivity contribution < 1.29 is 13.2 Å². The molecule has 3 atom stereocenters. The average Bonchev–Trinajstić information content (AvgIpc) is 2.86. The topological polar surface area (TPSA) is 0 Å². The Hall–Kier alpha value is -0.990. The Labute approximate surface area is 206 Å². The van der Waals surface area contributed by atoms with Gasteiger partial charge in [-0.1, -0.05) is 45.6 Å². The number of rotatable bonds is 8. The van der Waals surface area contributed by atoms with Crippen LogP contribution in [0.25, 0.3) is 0 Å². The van der Waals surface area contributed by atoms with Gasteiger partial charge in [0, 0.05) is 11.8 Å². The highest BCUT2D eigenvalue weighted by Gasteiger charge is 2.37. The number of hydrogen-bond acceptors (Lipinski definition) is 0. The third-order valence-electron chi connectivity index (χ3n) is 9.96. The van der Waals surface area contributed by atoms with Crippen molar-refractivity contribution in [3.63, 3.8) is 0 Å². The molecule has 2 fully saturated rings. The normalized spacial score (nSPS) is 37.4. The fourth-order valence-corrected chi connectivity index (χ4v) is 7.57. The summed E-state index contributed by atoms with van der Waals surface area (Å²) in [5.74, 6) is 1.34. The Morgan fingerprint density at radius 1 is 0.765 bits per heavy atom. The van der Waals surface area contributed by atoms with Gasteiger partial charge in [0.1, 0.15) is 5.83 Å². The Morgan fingerprint density at radius 2 is 1.47 bits per heavy atom. The number of halogens is 3. The highest BCUT2D eigenvalue weighted by Crippen LogP contribution is 2.47. The molecule has 0 spiro atoms. The predicted molar refractivity (Wildman–Crippen MR) is 136 cm³/mol. The van der Waals surface area contributed by atoms with E-state index in [0.717, 1.165) is 95.8 Å². The summed E-state index contributed by atoms with van der Waals surface area (Å²) < 4.78 is 44.9. The van der Waals surface area contributed by atoms with Crippen LogP contribution < -0.4 is 0 Å². The summed E-state index contributed by atoms with van der Waals surface area (Å²) in [7, 11) is 0. The summed E-state index contributed by atoms with van der Waals surface area (Å²) in [4.78, 5) is 0. The Balaban J connectivity index is 1.23. The molecule has 0 aromatic carbocycles. The van der Waals surface area contributed by atoms with Gasteiger partial charge in [0.25, 0.3) is 0 Å². The molecule has 0 bridgehead atoms. The second-order valence-electron chi connectivity index (χ2n) is 12.0. The van der Waals surface area contributed by atoms with Crippen LogP contribution >= 0.6 is 0 Å². The Bertz CT molecular complexity index is 747. The molecule has 4 aliphatic carbocycles. The summed E-state index contributed by atoms with van der Waals surface area (Å²) in [6.45, 7) is 4.41. The lowest BCUT2D eigenvalue weighted by Gasteiger charge is -2.36. The molecular weight excluding hydrogens is 429 g/mol. The lowest BCUT2D eigenvalue weighted by atomic mass is 9.70. The van der Waals surface area contributed by atoms with Crippen LogP contribution in [0.3, 0.4) is 0 Å². The summed E-state index contributed by atoms with van der Waals surface area (Å²) >= 11 is 0. The van der Waals surface area contributed by atoms with E-state index in [1.165, 1.54) is 6.42 Å². The fourth-order valence-electron chi connectivity index (χ4n) is 7.57. The van der Waals surface area contributed by atoms with Crippen molar-refractivity contribution in [3.8, 4) is 0 Å². The molecule has 0 heterocycles. The molecule has 3 unspecified atom stereocenters. The maximum absolute atomic E-state index is 15.2. The van der Waals surface area contributed by atoms with Gasteiger partial charge in [0.15, 0.2) is 5.83 Å². The molecule has 0 radical (unpaired) electrons. The van der Waals surface area contributed by atoms with Crippen LogP contribution in [0.4, 0.5) is 13.2 Å². The molecule has 0 aromatic heterocycles. The van der Waals surface area contributed by atoms with Crippen LogP contribution in [-0.2, 0) is 0 Å².